The largest absolute Gasteiger partial charge is 0.389 e. The van der Waals surface area contributed by atoms with Crippen LogP contribution >= 0.6 is 11.3 Å². The van der Waals surface area contributed by atoms with Crippen LogP contribution in [0.15, 0.2) is 18.2 Å². The summed E-state index contributed by atoms with van der Waals surface area (Å²) in [6.45, 7) is 3.76. The number of aliphatic hydroxyl groups is 1. The molecule has 3 heteroatoms. The van der Waals surface area contributed by atoms with E-state index in [1.165, 1.54) is 4.70 Å². The van der Waals surface area contributed by atoms with Crippen LogP contribution in [0.25, 0.3) is 10.2 Å². The van der Waals surface area contributed by atoms with Gasteiger partial charge in [-0.1, -0.05) is 6.07 Å². The lowest BCUT2D eigenvalue weighted by molar-refractivity contribution is 0.199. The van der Waals surface area contributed by atoms with Gasteiger partial charge < -0.3 is 5.11 Å². The summed E-state index contributed by atoms with van der Waals surface area (Å²) in [6, 6.07) is 5.91. The molecule has 1 atom stereocenters. The van der Waals surface area contributed by atoms with Gasteiger partial charge in [-0.3, -0.25) is 0 Å². The molecule has 1 N–H and O–H groups in total. The van der Waals surface area contributed by atoms with Crippen LogP contribution in [0, 0.1) is 6.92 Å². The van der Waals surface area contributed by atoms with Gasteiger partial charge >= 0.3 is 0 Å². The predicted octanol–water partition coefficient (Wildman–Crippen LogP) is 2.66. The molecule has 0 aliphatic carbocycles. The molecule has 0 bridgehead atoms. The second-order valence-corrected chi connectivity index (χ2v) is 4.37. The van der Waals surface area contributed by atoms with Gasteiger partial charge in [0.25, 0.3) is 0 Å². The Balaban J connectivity index is 2.61. The topological polar surface area (TPSA) is 33.1 Å². The number of hydrogen-bond donors (Lipinski definition) is 1. The third-order valence-corrected chi connectivity index (χ3v) is 2.95. The summed E-state index contributed by atoms with van der Waals surface area (Å²) in [4.78, 5) is 4.36. The van der Waals surface area contributed by atoms with Crippen molar-refractivity contribution in [2.45, 2.75) is 20.0 Å². The van der Waals surface area contributed by atoms with Crippen LogP contribution in [0.3, 0.4) is 0 Å². The Labute approximate surface area is 80.9 Å². The minimum atomic E-state index is -0.411. The molecule has 13 heavy (non-hydrogen) atoms. The van der Waals surface area contributed by atoms with Crippen molar-refractivity contribution < 1.29 is 5.11 Å². The lowest BCUT2D eigenvalue weighted by Gasteiger charge is -2.02. The van der Waals surface area contributed by atoms with Crippen molar-refractivity contribution >= 4 is 21.6 Å². The summed E-state index contributed by atoms with van der Waals surface area (Å²) in [5.74, 6) is 0. The van der Waals surface area contributed by atoms with E-state index in [0.29, 0.717) is 0 Å². The van der Waals surface area contributed by atoms with Gasteiger partial charge in [-0.15, -0.1) is 11.3 Å². The maximum atomic E-state index is 9.37. The number of fused-ring (bicyclic) bond motifs is 1. The van der Waals surface area contributed by atoms with Crippen molar-refractivity contribution in [2.24, 2.45) is 0 Å². The van der Waals surface area contributed by atoms with Gasteiger partial charge in [0.2, 0.25) is 0 Å². The number of benzene rings is 1. The van der Waals surface area contributed by atoms with E-state index in [4.69, 9.17) is 0 Å². The first-order valence-corrected chi connectivity index (χ1v) is 5.03. The van der Waals surface area contributed by atoms with E-state index in [1.54, 1.807) is 18.3 Å². The number of aliphatic hydroxyl groups excluding tert-OH is 1. The third kappa shape index (κ3) is 1.57. The van der Waals surface area contributed by atoms with E-state index in [9.17, 15) is 5.11 Å². The van der Waals surface area contributed by atoms with Crippen molar-refractivity contribution in [2.75, 3.05) is 0 Å². The summed E-state index contributed by atoms with van der Waals surface area (Å²) in [7, 11) is 0. The molecule has 2 aromatic rings. The van der Waals surface area contributed by atoms with E-state index < -0.39 is 6.10 Å². The molecule has 0 saturated carbocycles. The van der Waals surface area contributed by atoms with Crippen LogP contribution in [-0.4, -0.2) is 10.1 Å². The fourth-order valence-corrected chi connectivity index (χ4v) is 2.13. The third-order valence-electron chi connectivity index (χ3n) is 2.00. The summed E-state index contributed by atoms with van der Waals surface area (Å²) < 4.78 is 1.18. The van der Waals surface area contributed by atoms with Crippen molar-refractivity contribution in [1.29, 1.82) is 0 Å². The fraction of sp³-hybridized carbons (Fsp3) is 0.300. The second-order valence-electron chi connectivity index (χ2n) is 3.14. The standard InChI is InChI=1S/C10H11NOS/c1-6(12)8-3-4-10-9(5-8)11-7(2)13-10/h3-6,12H,1-2H3/t6-/m1/s1. The average molecular weight is 193 g/mol. The van der Waals surface area contributed by atoms with Gasteiger partial charge in [-0.2, -0.15) is 0 Å². The lowest BCUT2D eigenvalue weighted by atomic mass is 10.1. The monoisotopic (exact) mass is 193 g/mol. The van der Waals surface area contributed by atoms with E-state index >= 15 is 0 Å². The van der Waals surface area contributed by atoms with Gasteiger partial charge in [0.15, 0.2) is 0 Å². The van der Waals surface area contributed by atoms with Crippen molar-refractivity contribution in [1.82, 2.24) is 4.98 Å². The summed E-state index contributed by atoms with van der Waals surface area (Å²) >= 11 is 1.68. The van der Waals surface area contributed by atoms with Crippen LogP contribution in [0.5, 0.6) is 0 Å². The molecule has 0 saturated heterocycles. The van der Waals surface area contributed by atoms with Crippen LogP contribution in [0.1, 0.15) is 23.6 Å². The molecule has 0 fully saturated rings. The highest BCUT2D eigenvalue weighted by Gasteiger charge is 2.04. The maximum Gasteiger partial charge on any atom is 0.0907 e. The molecule has 0 radical (unpaired) electrons. The Bertz CT molecular complexity index is 433. The minimum Gasteiger partial charge on any atom is -0.389 e. The number of rotatable bonds is 1. The van der Waals surface area contributed by atoms with Gasteiger partial charge in [-0.05, 0) is 31.5 Å². The van der Waals surface area contributed by atoms with Gasteiger partial charge in [0, 0.05) is 0 Å². The zero-order valence-electron chi connectivity index (χ0n) is 7.61. The number of nitrogens with zero attached hydrogens (tertiary/aromatic N) is 1. The van der Waals surface area contributed by atoms with Gasteiger partial charge in [-0.25, -0.2) is 4.98 Å². The Morgan fingerprint density at radius 3 is 2.92 bits per heavy atom. The highest BCUT2D eigenvalue weighted by Crippen LogP contribution is 2.24. The zero-order chi connectivity index (χ0) is 9.42. The average Bonchev–Trinajstić information content (AvgIpc) is 2.42. The minimum absolute atomic E-state index is 0.411. The second kappa shape index (κ2) is 3.09. The van der Waals surface area contributed by atoms with E-state index in [0.717, 1.165) is 16.1 Å². The van der Waals surface area contributed by atoms with E-state index in [-0.39, 0.29) is 0 Å². The molecule has 0 unspecified atom stereocenters. The summed E-state index contributed by atoms with van der Waals surface area (Å²) in [5, 5.41) is 10.4. The molecule has 1 heterocycles. The molecule has 1 aromatic heterocycles. The Kier molecular flexibility index (Phi) is 2.06. The molecule has 0 aliphatic rings. The molecule has 68 valence electrons. The summed E-state index contributed by atoms with van der Waals surface area (Å²) in [5.41, 5.74) is 1.92. The van der Waals surface area contributed by atoms with Crippen molar-refractivity contribution in [3.63, 3.8) is 0 Å². The SMILES string of the molecule is Cc1nc2cc([C@@H](C)O)ccc2s1. The number of thiazole rings is 1. The number of hydrogen-bond acceptors (Lipinski definition) is 3. The van der Waals surface area contributed by atoms with Crippen LogP contribution in [0.4, 0.5) is 0 Å². The molecular weight excluding hydrogens is 182 g/mol. The highest BCUT2D eigenvalue weighted by atomic mass is 32.1. The Morgan fingerprint density at radius 2 is 2.23 bits per heavy atom. The molecule has 0 aliphatic heterocycles. The number of aryl methyl sites for hydroxylation is 1. The number of aromatic nitrogens is 1. The van der Waals surface area contributed by atoms with Crippen LogP contribution in [0.2, 0.25) is 0 Å². The first-order chi connectivity index (χ1) is 6.16. The lowest BCUT2D eigenvalue weighted by Crippen LogP contribution is -1.89. The van der Waals surface area contributed by atoms with Crippen LogP contribution < -0.4 is 0 Å². The summed E-state index contributed by atoms with van der Waals surface area (Å²) in [6.07, 6.45) is -0.411. The van der Waals surface area contributed by atoms with Crippen molar-refractivity contribution in [3.8, 4) is 0 Å². The molecule has 0 spiro atoms. The molecule has 2 nitrogen and oxygen atoms in total. The molecule has 0 amide bonds. The predicted molar refractivity (Wildman–Crippen MR) is 55.0 cm³/mol. The first-order valence-electron chi connectivity index (χ1n) is 4.22. The fourth-order valence-electron chi connectivity index (χ4n) is 1.32. The molecule has 1 aromatic carbocycles. The Morgan fingerprint density at radius 1 is 1.46 bits per heavy atom. The van der Waals surface area contributed by atoms with Gasteiger partial charge in [0.05, 0.1) is 21.3 Å². The Hall–Kier alpha value is -0.930. The smallest absolute Gasteiger partial charge is 0.0907 e. The van der Waals surface area contributed by atoms with E-state index in [1.807, 2.05) is 25.1 Å². The first kappa shape index (κ1) is 8.66. The highest BCUT2D eigenvalue weighted by molar-refractivity contribution is 7.18. The molecule has 2 rings (SSSR count). The zero-order valence-corrected chi connectivity index (χ0v) is 8.43. The van der Waals surface area contributed by atoms with Gasteiger partial charge in [0.1, 0.15) is 0 Å². The van der Waals surface area contributed by atoms with E-state index in [2.05, 4.69) is 4.98 Å². The van der Waals surface area contributed by atoms with Crippen LogP contribution in [-0.2, 0) is 0 Å². The van der Waals surface area contributed by atoms with Crippen molar-refractivity contribution in [3.05, 3.63) is 28.8 Å². The molecular formula is C10H11NOS. The normalized spacial score (nSPS) is 13.5. The maximum absolute atomic E-state index is 9.37. The quantitative estimate of drug-likeness (QED) is 0.755.